The van der Waals surface area contributed by atoms with Crippen molar-refractivity contribution in [3.8, 4) is 0 Å². The molecule has 0 amide bonds. The van der Waals surface area contributed by atoms with Crippen molar-refractivity contribution in [3.63, 3.8) is 0 Å². The summed E-state index contributed by atoms with van der Waals surface area (Å²) >= 11 is 1.56. The van der Waals surface area contributed by atoms with Crippen LogP contribution >= 0.6 is 11.9 Å². The van der Waals surface area contributed by atoms with Crippen molar-refractivity contribution in [1.29, 1.82) is 0 Å². The molecule has 2 aromatic rings. The van der Waals surface area contributed by atoms with Crippen molar-refractivity contribution >= 4 is 29.9 Å². The Hall–Kier alpha value is -2.31. The Morgan fingerprint density at radius 1 is 1.12 bits per heavy atom. The number of carbonyl (C=O) groups is 1. The minimum atomic E-state index is -0.475. The van der Waals surface area contributed by atoms with E-state index in [-0.39, 0.29) is 11.2 Å². The average Bonchev–Trinajstić information content (AvgIpc) is 3.12. The molecule has 130 valence electrons. The second kappa shape index (κ2) is 6.90. The minimum Gasteiger partial charge on any atom is -0.462 e. The molecule has 0 saturated heterocycles. The molecule has 1 N–H and O–H groups in total. The van der Waals surface area contributed by atoms with Gasteiger partial charge in [-0.3, -0.25) is 4.72 Å². The van der Waals surface area contributed by atoms with Crippen LogP contribution in [-0.4, -0.2) is 17.4 Å². The van der Waals surface area contributed by atoms with Gasteiger partial charge in [0, 0.05) is 22.1 Å². The maximum Gasteiger partial charge on any atom is 0.363 e. The van der Waals surface area contributed by atoms with E-state index in [4.69, 9.17) is 9.15 Å². The minimum absolute atomic E-state index is 0.0261. The van der Waals surface area contributed by atoms with Crippen molar-refractivity contribution in [2.45, 2.75) is 38.1 Å². The number of hydrogen-bond donors (Lipinski definition) is 1. The van der Waals surface area contributed by atoms with Gasteiger partial charge in [0.1, 0.15) is 11.5 Å². The molecule has 1 aromatic carbocycles. The number of nitrogens with one attached hydrogen (secondary N) is 1. The van der Waals surface area contributed by atoms with Crippen LogP contribution in [-0.2, 0) is 9.53 Å². The molecule has 25 heavy (non-hydrogen) atoms. The lowest BCUT2D eigenvalue weighted by Gasteiger charge is -2.19. The number of cyclic esters (lactones) is 1. The molecule has 0 fully saturated rings. The van der Waals surface area contributed by atoms with Crippen LogP contribution in [0.1, 0.15) is 37.9 Å². The first-order chi connectivity index (χ1) is 11.8. The van der Waals surface area contributed by atoms with Crippen LogP contribution in [0, 0.1) is 6.92 Å². The standard InChI is InChI=1S/C19H20N2O3S/c1-12-5-8-14(23-12)11-16-18(22)24-17(20-16)13-6-9-15(10-7-13)25-21-19(2,3)4/h5-11,21H,1-4H3/b16-11-. The van der Waals surface area contributed by atoms with Gasteiger partial charge in [0.05, 0.1) is 0 Å². The first kappa shape index (κ1) is 17.5. The van der Waals surface area contributed by atoms with Crippen molar-refractivity contribution in [1.82, 2.24) is 4.72 Å². The van der Waals surface area contributed by atoms with Gasteiger partial charge < -0.3 is 9.15 Å². The number of carbonyl (C=O) groups excluding carboxylic acids is 1. The van der Waals surface area contributed by atoms with E-state index in [0.29, 0.717) is 11.7 Å². The normalized spacial score (nSPS) is 16.2. The fraction of sp³-hybridized carbons (Fsp3) is 0.263. The maximum atomic E-state index is 12.0. The van der Waals surface area contributed by atoms with Crippen LogP contribution in [0.4, 0.5) is 0 Å². The molecule has 0 aliphatic carbocycles. The van der Waals surface area contributed by atoms with E-state index in [1.165, 1.54) is 0 Å². The fourth-order valence-corrected chi connectivity index (χ4v) is 2.77. The summed E-state index contributed by atoms with van der Waals surface area (Å²) in [7, 11) is 0. The predicted molar refractivity (Wildman–Crippen MR) is 99.2 cm³/mol. The second-order valence-corrected chi connectivity index (χ2v) is 7.64. The SMILES string of the molecule is Cc1ccc(/C=C2\N=C(c3ccc(SNC(C)(C)C)cc3)OC2=O)o1. The van der Waals surface area contributed by atoms with Gasteiger partial charge in [-0.1, -0.05) is 0 Å². The third-order valence-electron chi connectivity index (χ3n) is 3.24. The molecule has 0 radical (unpaired) electrons. The molecule has 0 bridgehead atoms. The van der Waals surface area contributed by atoms with Crippen molar-refractivity contribution in [3.05, 3.63) is 59.2 Å². The highest BCUT2D eigenvalue weighted by Crippen LogP contribution is 2.23. The average molecular weight is 356 g/mol. The largest absolute Gasteiger partial charge is 0.462 e. The Bertz CT molecular complexity index is 842. The predicted octanol–water partition coefficient (Wildman–Crippen LogP) is 4.33. The number of ether oxygens (including phenoxy) is 1. The van der Waals surface area contributed by atoms with Crippen molar-refractivity contribution in [2.24, 2.45) is 4.99 Å². The molecular formula is C19H20N2O3S. The summed E-state index contributed by atoms with van der Waals surface area (Å²) in [6.45, 7) is 8.16. The second-order valence-electron chi connectivity index (χ2n) is 6.76. The lowest BCUT2D eigenvalue weighted by Crippen LogP contribution is -2.29. The highest BCUT2D eigenvalue weighted by Gasteiger charge is 2.24. The van der Waals surface area contributed by atoms with E-state index in [1.807, 2.05) is 37.3 Å². The number of hydrogen-bond acceptors (Lipinski definition) is 6. The molecule has 1 aromatic heterocycles. The number of esters is 1. The van der Waals surface area contributed by atoms with Gasteiger partial charge in [0.15, 0.2) is 5.70 Å². The number of rotatable bonds is 4. The van der Waals surface area contributed by atoms with E-state index in [9.17, 15) is 4.79 Å². The third kappa shape index (κ3) is 4.61. The van der Waals surface area contributed by atoms with Crippen LogP contribution in [0.15, 0.2) is 56.4 Å². The highest BCUT2D eigenvalue weighted by atomic mass is 32.2. The Balaban J connectivity index is 1.74. The Labute approximate surface area is 151 Å². The van der Waals surface area contributed by atoms with Gasteiger partial charge in [-0.25, -0.2) is 9.79 Å². The Morgan fingerprint density at radius 3 is 2.44 bits per heavy atom. The molecule has 0 saturated carbocycles. The number of aliphatic imine (C=N–C) groups is 1. The third-order valence-corrected chi connectivity index (χ3v) is 4.46. The van der Waals surface area contributed by atoms with Crippen LogP contribution in [0.2, 0.25) is 0 Å². The summed E-state index contributed by atoms with van der Waals surface area (Å²) in [6.07, 6.45) is 1.58. The molecule has 0 unspecified atom stereocenters. The van der Waals surface area contributed by atoms with Crippen LogP contribution in [0.5, 0.6) is 0 Å². The lowest BCUT2D eigenvalue weighted by molar-refractivity contribution is -0.129. The molecule has 1 aliphatic rings. The monoisotopic (exact) mass is 356 g/mol. The topological polar surface area (TPSA) is 63.8 Å². The summed E-state index contributed by atoms with van der Waals surface area (Å²) in [6, 6.07) is 11.3. The fourth-order valence-electron chi connectivity index (χ4n) is 2.08. The van der Waals surface area contributed by atoms with Gasteiger partial charge in [-0.2, -0.15) is 0 Å². The summed E-state index contributed by atoms with van der Waals surface area (Å²) in [5.74, 6) is 1.19. The van der Waals surface area contributed by atoms with Gasteiger partial charge in [0.25, 0.3) is 0 Å². The van der Waals surface area contributed by atoms with Crippen LogP contribution in [0.25, 0.3) is 6.08 Å². The lowest BCUT2D eigenvalue weighted by atomic mass is 10.1. The number of benzene rings is 1. The number of aryl methyl sites for hydroxylation is 1. The number of furan rings is 1. The smallest absolute Gasteiger partial charge is 0.363 e. The molecule has 6 heteroatoms. The first-order valence-electron chi connectivity index (χ1n) is 7.94. The van der Waals surface area contributed by atoms with E-state index in [1.54, 1.807) is 24.1 Å². The van der Waals surface area contributed by atoms with Gasteiger partial charge >= 0.3 is 5.97 Å². The zero-order valence-corrected chi connectivity index (χ0v) is 15.4. The zero-order chi connectivity index (χ0) is 18.0. The summed E-state index contributed by atoms with van der Waals surface area (Å²) in [5.41, 5.74) is 1.02. The van der Waals surface area contributed by atoms with Gasteiger partial charge in [0.2, 0.25) is 5.90 Å². The van der Waals surface area contributed by atoms with Crippen molar-refractivity contribution in [2.75, 3.05) is 0 Å². The maximum absolute atomic E-state index is 12.0. The molecule has 3 rings (SSSR count). The van der Waals surface area contributed by atoms with E-state index in [0.717, 1.165) is 16.2 Å². The van der Waals surface area contributed by atoms with Gasteiger partial charge in [-0.05, 0) is 76.0 Å². The first-order valence-corrected chi connectivity index (χ1v) is 8.75. The van der Waals surface area contributed by atoms with E-state index >= 15 is 0 Å². The quantitative estimate of drug-likeness (QED) is 0.502. The zero-order valence-electron chi connectivity index (χ0n) is 14.6. The summed E-state index contributed by atoms with van der Waals surface area (Å²) in [5, 5.41) is 0. The molecular weight excluding hydrogens is 336 g/mol. The highest BCUT2D eigenvalue weighted by molar-refractivity contribution is 7.97. The molecule has 0 atom stereocenters. The molecule has 0 spiro atoms. The molecule has 2 heterocycles. The Kier molecular flexibility index (Phi) is 4.83. The Morgan fingerprint density at radius 2 is 1.84 bits per heavy atom. The van der Waals surface area contributed by atoms with Crippen LogP contribution < -0.4 is 4.72 Å². The summed E-state index contributed by atoms with van der Waals surface area (Å²) in [4.78, 5) is 17.3. The summed E-state index contributed by atoms with van der Waals surface area (Å²) < 4.78 is 14.1. The van der Waals surface area contributed by atoms with E-state index in [2.05, 4.69) is 30.5 Å². The molecule has 1 aliphatic heterocycles. The van der Waals surface area contributed by atoms with Gasteiger partial charge in [-0.15, -0.1) is 0 Å². The van der Waals surface area contributed by atoms with E-state index < -0.39 is 5.97 Å². The van der Waals surface area contributed by atoms with Crippen molar-refractivity contribution < 1.29 is 13.9 Å². The van der Waals surface area contributed by atoms with Crippen LogP contribution in [0.3, 0.4) is 0 Å². The number of nitrogens with zero attached hydrogens (tertiary/aromatic N) is 1. The molecule has 5 nitrogen and oxygen atoms in total.